The van der Waals surface area contributed by atoms with Crippen LogP contribution >= 0.6 is 11.6 Å². The molecule has 1 aromatic heterocycles. The molecule has 7 heteroatoms. The number of fused-ring (bicyclic) bond motifs is 1. The highest BCUT2D eigenvalue weighted by atomic mass is 35.5. The highest BCUT2D eigenvalue weighted by molar-refractivity contribution is 6.30. The van der Waals surface area contributed by atoms with Crippen molar-refractivity contribution in [3.63, 3.8) is 0 Å². The van der Waals surface area contributed by atoms with E-state index in [1.165, 1.54) is 0 Å². The van der Waals surface area contributed by atoms with Crippen LogP contribution in [-0.2, 0) is 10.3 Å². The summed E-state index contributed by atoms with van der Waals surface area (Å²) in [5, 5.41) is 7.24. The van der Waals surface area contributed by atoms with E-state index < -0.39 is 5.54 Å². The van der Waals surface area contributed by atoms with Gasteiger partial charge in [0.2, 0.25) is 5.95 Å². The van der Waals surface area contributed by atoms with Gasteiger partial charge in [0.25, 0.3) is 5.91 Å². The standard InChI is InChI=1S/C21H18ClN5O/c22-16-5-1-14(2-6-16)18-9-10-24-20(26-18)25-17-7-3-15(4-8-17)21-13-23-11-12-27(21)19(21)28/h1-10,23H,11-13H2,(H,24,25,26). The summed E-state index contributed by atoms with van der Waals surface area (Å²) in [5.41, 5.74) is 3.21. The molecule has 3 aromatic rings. The lowest BCUT2D eigenvalue weighted by atomic mass is 9.97. The minimum Gasteiger partial charge on any atom is -0.324 e. The first-order valence-electron chi connectivity index (χ1n) is 9.16. The van der Waals surface area contributed by atoms with Crippen LogP contribution in [0.3, 0.4) is 0 Å². The van der Waals surface area contributed by atoms with Crippen molar-refractivity contribution in [1.29, 1.82) is 0 Å². The molecule has 2 N–H and O–H groups in total. The first kappa shape index (κ1) is 17.2. The molecule has 2 aliphatic heterocycles. The van der Waals surface area contributed by atoms with Crippen LogP contribution in [0.1, 0.15) is 5.56 Å². The molecule has 2 aromatic carbocycles. The third kappa shape index (κ3) is 2.82. The Morgan fingerprint density at radius 1 is 1.07 bits per heavy atom. The SMILES string of the molecule is O=C1N2CCNCC12c1ccc(Nc2nccc(-c3ccc(Cl)cc3)n2)cc1. The van der Waals surface area contributed by atoms with Crippen molar-refractivity contribution < 1.29 is 4.79 Å². The number of nitrogens with one attached hydrogen (secondary N) is 2. The Balaban J connectivity index is 1.35. The molecule has 6 nitrogen and oxygen atoms in total. The fraction of sp³-hybridized carbons (Fsp3) is 0.190. The minimum atomic E-state index is -0.470. The van der Waals surface area contributed by atoms with Crippen LogP contribution in [-0.4, -0.2) is 40.4 Å². The summed E-state index contributed by atoms with van der Waals surface area (Å²) in [6.07, 6.45) is 1.72. The van der Waals surface area contributed by atoms with E-state index in [0.717, 1.165) is 35.6 Å². The van der Waals surface area contributed by atoms with Crippen molar-refractivity contribution in [3.05, 3.63) is 71.4 Å². The summed E-state index contributed by atoms with van der Waals surface area (Å²) >= 11 is 5.96. The van der Waals surface area contributed by atoms with Crippen LogP contribution in [0, 0.1) is 0 Å². The van der Waals surface area contributed by atoms with Gasteiger partial charge in [-0.1, -0.05) is 35.9 Å². The quantitative estimate of drug-likeness (QED) is 0.668. The minimum absolute atomic E-state index is 0.206. The van der Waals surface area contributed by atoms with E-state index in [-0.39, 0.29) is 5.91 Å². The van der Waals surface area contributed by atoms with Gasteiger partial charge in [0.15, 0.2) is 5.54 Å². The molecule has 0 saturated carbocycles. The van der Waals surface area contributed by atoms with Crippen molar-refractivity contribution in [3.8, 4) is 11.3 Å². The van der Waals surface area contributed by atoms with Gasteiger partial charge in [-0.05, 0) is 35.9 Å². The number of nitrogens with zero attached hydrogens (tertiary/aromatic N) is 3. The monoisotopic (exact) mass is 391 g/mol. The number of piperazine rings is 1. The van der Waals surface area contributed by atoms with Crippen LogP contribution < -0.4 is 10.6 Å². The molecular weight excluding hydrogens is 374 g/mol. The van der Waals surface area contributed by atoms with Crippen molar-refractivity contribution in [2.45, 2.75) is 5.54 Å². The molecule has 0 aliphatic carbocycles. The van der Waals surface area contributed by atoms with Gasteiger partial charge in [0.1, 0.15) is 0 Å². The van der Waals surface area contributed by atoms with Gasteiger partial charge in [-0.15, -0.1) is 0 Å². The average Bonchev–Trinajstić information content (AvgIpc) is 3.35. The van der Waals surface area contributed by atoms with E-state index >= 15 is 0 Å². The van der Waals surface area contributed by atoms with Crippen molar-refractivity contribution in [1.82, 2.24) is 20.2 Å². The fourth-order valence-electron chi connectivity index (χ4n) is 3.77. The summed E-state index contributed by atoms with van der Waals surface area (Å²) in [4.78, 5) is 23.1. The zero-order valence-electron chi connectivity index (χ0n) is 15.0. The Labute approximate surface area is 167 Å². The van der Waals surface area contributed by atoms with Gasteiger partial charge in [-0.2, -0.15) is 0 Å². The summed E-state index contributed by atoms with van der Waals surface area (Å²) in [7, 11) is 0. The average molecular weight is 392 g/mol. The second-order valence-corrected chi connectivity index (χ2v) is 7.41. The fourth-order valence-corrected chi connectivity index (χ4v) is 3.90. The highest BCUT2D eigenvalue weighted by Gasteiger charge is 2.64. The maximum atomic E-state index is 12.3. The summed E-state index contributed by atoms with van der Waals surface area (Å²) < 4.78 is 0. The lowest BCUT2D eigenvalue weighted by Crippen LogP contribution is -2.40. The van der Waals surface area contributed by atoms with E-state index in [2.05, 4.69) is 20.6 Å². The predicted octanol–water partition coefficient (Wildman–Crippen LogP) is 3.18. The normalized spacial score (nSPS) is 20.6. The number of halogens is 1. The molecule has 140 valence electrons. The topological polar surface area (TPSA) is 69.9 Å². The van der Waals surface area contributed by atoms with Crippen LogP contribution in [0.25, 0.3) is 11.3 Å². The molecule has 0 spiro atoms. The highest BCUT2D eigenvalue weighted by Crippen LogP contribution is 2.45. The molecule has 2 aliphatic rings. The molecule has 3 heterocycles. The molecular formula is C21H18ClN5O. The number of carbonyl (C=O) groups is 1. The van der Waals surface area contributed by atoms with Crippen molar-refractivity contribution in [2.24, 2.45) is 0 Å². The Morgan fingerprint density at radius 2 is 1.86 bits per heavy atom. The summed E-state index contributed by atoms with van der Waals surface area (Å²) in [5.74, 6) is 0.721. The summed E-state index contributed by atoms with van der Waals surface area (Å²) in [6, 6.07) is 17.3. The molecule has 0 bridgehead atoms. The number of amides is 1. The lowest BCUT2D eigenvalue weighted by Gasteiger charge is -2.22. The number of aromatic nitrogens is 2. The number of carbonyl (C=O) groups excluding carboxylic acids is 1. The Morgan fingerprint density at radius 3 is 2.61 bits per heavy atom. The maximum absolute atomic E-state index is 12.3. The molecule has 5 rings (SSSR count). The molecule has 1 atom stereocenters. The number of hydrogen-bond acceptors (Lipinski definition) is 5. The van der Waals surface area contributed by atoms with Crippen LogP contribution in [0.4, 0.5) is 11.6 Å². The second-order valence-electron chi connectivity index (χ2n) is 6.97. The zero-order chi connectivity index (χ0) is 19.1. The van der Waals surface area contributed by atoms with Gasteiger partial charge in [0.05, 0.1) is 5.69 Å². The third-order valence-electron chi connectivity index (χ3n) is 5.32. The molecule has 2 saturated heterocycles. The van der Waals surface area contributed by atoms with Gasteiger partial charge < -0.3 is 15.5 Å². The third-order valence-corrected chi connectivity index (χ3v) is 5.57. The van der Waals surface area contributed by atoms with E-state index in [4.69, 9.17) is 11.6 Å². The molecule has 1 unspecified atom stereocenters. The van der Waals surface area contributed by atoms with E-state index in [1.54, 1.807) is 6.20 Å². The van der Waals surface area contributed by atoms with Gasteiger partial charge in [-0.3, -0.25) is 4.79 Å². The van der Waals surface area contributed by atoms with Crippen LogP contribution in [0.2, 0.25) is 5.02 Å². The smallest absolute Gasteiger partial charge is 0.255 e. The molecule has 28 heavy (non-hydrogen) atoms. The van der Waals surface area contributed by atoms with Crippen molar-refractivity contribution in [2.75, 3.05) is 25.0 Å². The number of benzene rings is 2. The molecule has 0 radical (unpaired) electrons. The number of rotatable bonds is 4. The van der Waals surface area contributed by atoms with Crippen molar-refractivity contribution >= 4 is 29.1 Å². The first-order valence-corrected chi connectivity index (χ1v) is 9.54. The Kier molecular flexibility index (Phi) is 4.03. The Hall–Kier alpha value is -2.96. The first-order chi connectivity index (χ1) is 13.7. The second kappa shape index (κ2) is 6.58. The molecule has 2 fully saturated rings. The van der Waals surface area contributed by atoms with Crippen LogP contribution in [0.15, 0.2) is 60.8 Å². The van der Waals surface area contributed by atoms with E-state index in [0.29, 0.717) is 17.5 Å². The van der Waals surface area contributed by atoms with Gasteiger partial charge in [0, 0.05) is 42.1 Å². The zero-order valence-corrected chi connectivity index (χ0v) is 15.8. The Bertz CT molecular complexity index is 1040. The predicted molar refractivity (Wildman–Crippen MR) is 108 cm³/mol. The summed E-state index contributed by atoms with van der Waals surface area (Å²) in [6.45, 7) is 2.30. The van der Waals surface area contributed by atoms with Gasteiger partial charge in [-0.25, -0.2) is 9.97 Å². The van der Waals surface area contributed by atoms with Crippen LogP contribution in [0.5, 0.6) is 0 Å². The maximum Gasteiger partial charge on any atom is 0.255 e. The van der Waals surface area contributed by atoms with Gasteiger partial charge >= 0.3 is 0 Å². The lowest BCUT2D eigenvalue weighted by molar-refractivity contribution is -0.114. The largest absolute Gasteiger partial charge is 0.324 e. The number of anilines is 2. The number of hydrogen-bond donors (Lipinski definition) is 2. The van der Waals surface area contributed by atoms with E-state index in [9.17, 15) is 4.79 Å². The molecule has 1 amide bonds. The van der Waals surface area contributed by atoms with E-state index in [1.807, 2.05) is 59.5 Å².